The highest BCUT2D eigenvalue weighted by Gasteiger charge is 2.16. The van der Waals surface area contributed by atoms with Gasteiger partial charge in [0.2, 0.25) is 5.76 Å². The van der Waals surface area contributed by atoms with E-state index in [1.807, 2.05) is 0 Å². The molecule has 0 aliphatic carbocycles. The van der Waals surface area contributed by atoms with Gasteiger partial charge in [-0.3, -0.25) is 9.59 Å². The zero-order valence-corrected chi connectivity index (χ0v) is 8.79. The quantitative estimate of drug-likeness (QED) is 0.723. The number of esters is 1. The van der Waals surface area contributed by atoms with Crippen molar-refractivity contribution in [1.29, 1.82) is 0 Å². The monoisotopic (exact) mass is 212 g/mol. The Morgan fingerprint density at radius 3 is 2.60 bits per heavy atom. The molecule has 15 heavy (non-hydrogen) atoms. The Balaban J connectivity index is 2.61. The van der Waals surface area contributed by atoms with Crippen LogP contribution in [0.4, 0.5) is 0 Å². The average molecular weight is 212 g/mol. The molecule has 6 nitrogen and oxygen atoms in total. The Bertz CT molecular complexity index is 383. The van der Waals surface area contributed by atoms with Crippen molar-refractivity contribution in [3.63, 3.8) is 0 Å². The highest BCUT2D eigenvalue weighted by atomic mass is 16.5. The van der Waals surface area contributed by atoms with E-state index in [9.17, 15) is 9.59 Å². The minimum atomic E-state index is -0.516. The molecule has 0 aliphatic rings. The first-order chi connectivity index (χ1) is 7.04. The van der Waals surface area contributed by atoms with Crippen molar-refractivity contribution in [3.8, 4) is 0 Å². The number of ether oxygens (including phenoxy) is 1. The van der Waals surface area contributed by atoms with Gasteiger partial charge in [-0.2, -0.15) is 0 Å². The smallest absolute Gasteiger partial charge is 0.325 e. The molecule has 1 aromatic heterocycles. The molecule has 0 atom stereocenters. The number of oxazole rings is 1. The number of amides is 1. The molecule has 0 saturated heterocycles. The summed E-state index contributed by atoms with van der Waals surface area (Å²) < 4.78 is 9.44. The summed E-state index contributed by atoms with van der Waals surface area (Å²) in [6.07, 6.45) is 0. The fourth-order valence-electron chi connectivity index (χ4n) is 1.05. The first-order valence-corrected chi connectivity index (χ1v) is 4.33. The summed E-state index contributed by atoms with van der Waals surface area (Å²) in [5.41, 5.74) is 0.495. The van der Waals surface area contributed by atoms with Crippen molar-refractivity contribution in [3.05, 3.63) is 17.3 Å². The topological polar surface area (TPSA) is 81.4 Å². The molecule has 1 aromatic rings. The van der Waals surface area contributed by atoms with Gasteiger partial charge < -0.3 is 14.5 Å². The predicted octanol–water partition coefficient (Wildman–Crippen LogP) is 0.194. The molecule has 1 rings (SSSR count). The molecule has 0 radical (unpaired) electrons. The first kappa shape index (κ1) is 11.2. The van der Waals surface area contributed by atoms with Gasteiger partial charge in [-0.05, 0) is 6.92 Å². The van der Waals surface area contributed by atoms with E-state index >= 15 is 0 Å². The van der Waals surface area contributed by atoms with Gasteiger partial charge in [0.1, 0.15) is 6.54 Å². The van der Waals surface area contributed by atoms with E-state index < -0.39 is 11.9 Å². The molecule has 82 valence electrons. The highest BCUT2D eigenvalue weighted by Crippen LogP contribution is 2.08. The average Bonchev–Trinajstić information content (AvgIpc) is 2.53. The summed E-state index contributed by atoms with van der Waals surface area (Å²) in [5, 5.41) is 2.36. The van der Waals surface area contributed by atoms with Gasteiger partial charge in [-0.1, -0.05) is 0 Å². The lowest BCUT2D eigenvalue weighted by Crippen LogP contribution is -2.30. The maximum absolute atomic E-state index is 11.4. The lowest BCUT2D eigenvalue weighted by molar-refractivity contribution is -0.139. The van der Waals surface area contributed by atoms with E-state index in [0.29, 0.717) is 11.6 Å². The van der Waals surface area contributed by atoms with Crippen LogP contribution in [0.2, 0.25) is 0 Å². The SMILES string of the molecule is COC(=O)CNC(=O)c1oc(C)nc1C. The Labute approximate surface area is 86.6 Å². The van der Waals surface area contributed by atoms with E-state index in [4.69, 9.17) is 4.42 Å². The van der Waals surface area contributed by atoms with Crippen molar-refractivity contribution < 1.29 is 18.7 Å². The molecule has 0 aliphatic heterocycles. The van der Waals surface area contributed by atoms with Crippen LogP contribution >= 0.6 is 0 Å². The lowest BCUT2D eigenvalue weighted by atomic mass is 10.3. The fourth-order valence-corrected chi connectivity index (χ4v) is 1.05. The normalized spacial score (nSPS) is 9.80. The van der Waals surface area contributed by atoms with E-state index in [1.165, 1.54) is 7.11 Å². The Hall–Kier alpha value is -1.85. The number of hydrogen-bond donors (Lipinski definition) is 1. The van der Waals surface area contributed by atoms with Gasteiger partial charge in [-0.15, -0.1) is 0 Å². The van der Waals surface area contributed by atoms with Crippen molar-refractivity contribution in [2.24, 2.45) is 0 Å². The Morgan fingerprint density at radius 2 is 2.13 bits per heavy atom. The number of aryl methyl sites for hydroxylation is 2. The first-order valence-electron chi connectivity index (χ1n) is 4.33. The molecular formula is C9H12N2O4. The van der Waals surface area contributed by atoms with Crippen LogP contribution in [0.3, 0.4) is 0 Å². The molecule has 0 spiro atoms. The third kappa shape index (κ3) is 2.80. The van der Waals surface area contributed by atoms with Crippen LogP contribution in [-0.2, 0) is 9.53 Å². The van der Waals surface area contributed by atoms with Gasteiger partial charge in [0.25, 0.3) is 5.91 Å². The molecule has 0 unspecified atom stereocenters. The third-order valence-electron chi connectivity index (χ3n) is 1.73. The molecule has 6 heteroatoms. The second-order valence-corrected chi connectivity index (χ2v) is 2.91. The van der Waals surface area contributed by atoms with Gasteiger partial charge in [0, 0.05) is 6.92 Å². The third-order valence-corrected chi connectivity index (χ3v) is 1.73. The number of nitrogens with one attached hydrogen (secondary N) is 1. The molecule has 0 fully saturated rings. The standard InChI is InChI=1S/C9H12N2O4/c1-5-8(15-6(2)11-5)9(13)10-4-7(12)14-3/h4H2,1-3H3,(H,10,13). The van der Waals surface area contributed by atoms with Crippen LogP contribution in [0.25, 0.3) is 0 Å². The van der Waals surface area contributed by atoms with Crippen LogP contribution < -0.4 is 5.32 Å². The molecule has 0 bridgehead atoms. The summed E-state index contributed by atoms with van der Waals surface area (Å²) in [4.78, 5) is 26.1. The van der Waals surface area contributed by atoms with Gasteiger partial charge in [0.15, 0.2) is 5.89 Å². The van der Waals surface area contributed by atoms with Crippen LogP contribution in [-0.4, -0.2) is 30.5 Å². The zero-order valence-electron chi connectivity index (χ0n) is 8.79. The molecule has 0 aromatic carbocycles. The number of aromatic nitrogens is 1. The van der Waals surface area contributed by atoms with Crippen molar-refractivity contribution >= 4 is 11.9 Å². The summed E-state index contributed by atoms with van der Waals surface area (Å²) in [6, 6.07) is 0. The van der Waals surface area contributed by atoms with Gasteiger partial charge in [-0.25, -0.2) is 4.98 Å². The number of nitrogens with zero attached hydrogens (tertiary/aromatic N) is 1. The number of hydrogen-bond acceptors (Lipinski definition) is 5. The summed E-state index contributed by atoms with van der Waals surface area (Å²) in [6.45, 7) is 3.11. The van der Waals surface area contributed by atoms with E-state index in [1.54, 1.807) is 13.8 Å². The van der Waals surface area contributed by atoms with E-state index in [-0.39, 0.29) is 12.3 Å². The number of rotatable bonds is 3. The zero-order chi connectivity index (χ0) is 11.4. The number of methoxy groups -OCH3 is 1. The van der Waals surface area contributed by atoms with Crippen molar-refractivity contribution in [2.45, 2.75) is 13.8 Å². The van der Waals surface area contributed by atoms with Gasteiger partial charge in [0.05, 0.1) is 12.8 Å². The largest absolute Gasteiger partial charge is 0.468 e. The molecule has 1 amide bonds. The Kier molecular flexibility index (Phi) is 3.43. The highest BCUT2D eigenvalue weighted by molar-refractivity contribution is 5.94. The predicted molar refractivity (Wildman–Crippen MR) is 50.3 cm³/mol. The second kappa shape index (κ2) is 4.59. The summed E-state index contributed by atoms with van der Waals surface area (Å²) in [5.74, 6) is -0.456. The van der Waals surface area contributed by atoms with Gasteiger partial charge >= 0.3 is 5.97 Å². The summed E-state index contributed by atoms with van der Waals surface area (Å²) >= 11 is 0. The minimum absolute atomic E-state index is 0.122. The van der Waals surface area contributed by atoms with Crippen LogP contribution in [0.5, 0.6) is 0 Å². The van der Waals surface area contributed by atoms with Crippen molar-refractivity contribution in [2.75, 3.05) is 13.7 Å². The molecule has 0 saturated carbocycles. The van der Waals surface area contributed by atoms with E-state index in [2.05, 4.69) is 15.0 Å². The second-order valence-electron chi connectivity index (χ2n) is 2.91. The number of carbonyl (C=O) groups excluding carboxylic acids is 2. The molecule has 1 heterocycles. The van der Waals surface area contributed by atoms with Crippen LogP contribution in [0, 0.1) is 13.8 Å². The Morgan fingerprint density at radius 1 is 1.47 bits per heavy atom. The molecular weight excluding hydrogens is 200 g/mol. The summed E-state index contributed by atoms with van der Waals surface area (Å²) in [7, 11) is 1.25. The maximum atomic E-state index is 11.4. The fraction of sp³-hybridized carbons (Fsp3) is 0.444. The molecule has 1 N–H and O–H groups in total. The van der Waals surface area contributed by atoms with Crippen LogP contribution in [0.1, 0.15) is 22.1 Å². The van der Waals surface area contributed by atoms with Crippen LogP contribution in [0.15, 0.2) is 4.42 Å². The maximum Gasteiger partial charge on any atom is 0.325 e. The van der Waals surface area contributed by atoms with Crippen molar-refractivity contribution in [1.82, 2.24) is 10.3 Å². The number of carbonyl (C=O) groups is 2. The lowest BCUT2D eigenvalue weighted by Gasteiger charge is -2.01. The minimum Gasteiger partial charge on any atom is -0.468 e. The van der Waals surface area contributed by atoms with E-state index in [0.717, 1.165) is 0 Å².